The molecule has 55 heavy (non-hydrogen) atoms. The van der Waals surface area contributed by atoms with Gasteiger partial charge < -0.3 is 4.42 Å². The topological polar surface area (TPSA) is 51.8 Å². The second-order valence-electron chi connectivity index (χ2n) is 13.7. The van der Waals surface area contributed by atoms with Crippen LogP contribution >= 0.6 is 0 Å². The zero-order chi connectivity index (χ0) is 36.6. The molecule has 4 heteroatoms. The number of furan rings is 1. The Labute approximate surface area is 319 Å². The molecule has 0 aliphatic rings. The van der Waals surface area contributed by atoms with E-state index < -0.39 is 0 Å². The van der Waals surface area contributed by atoms with Gasteiger partial charge >= 0.3 is 0 Å². The maximum absolute atomic E-state index is 6.08. The highest BCUT2D eigenvalue weighted by Gasteiger charge is 2.14. The van der Waals surface area contributed by atoms with Crippen molar-refractivity contribution < 1.29 is 4.42 Å². The molecule has 0 aliphatic carbocycles. The Bertz CT molecular complexity index is 2930. The van der Waals surface area contributed by atoms with Crippen molar-refractivity contribution in [3.05, 3.63) is 200 Å². The summed E-state index contributed by atoms with van der Waals surface area (Å²) in [6.07, 6.45) is 3.67. The molecule has 0 saturated carbocycles. The van der Waals surface area contributed by atoms with Crippen molar-refractivity contribution in [3.8, 4) is 78.4 Å². The van der Waals surface area contributed by atoms with Gasteiger partial charge in [-0.15, -0.1) is 0 Å². The summed E-state index contributed by atoms with van der Waals surface area (Å²) >= 11 is 0. The van der Waals surface area contributed by atoms with Crippen LogP contribution in [0.4, 0.5) is 0 Å². The molecule has 10 rings (SSSR count). The molecule has 3 aromatic heterocycles. The van der Waals surface area contributed by atoms with E-state index in [1.807, 2.05) is 30.5 Å². The van der Waals surface area contributed by atoms with E-state index in [1.54, 1.807) is 6.20 Å². The average Bonchev–Trinajstić information content (AvgIpc) is 3.65. The number of nitrogens with zero attached hydrogens (tertiary/aromatic N) is 3. The van der Waals surface area contributed by atoms with Crippen LogP contribution in [-0.2, 0) is 0 Å². The number of hydrogen-bond donors (Lipinski definition) is 0. The predicted octanol–water partition coefficient (Wildman–Crippen LogP) is 13.4. The SMILES string of the molecule is c1ccc(-c2ccc(-c3ccc(-c4cc(-c5ccc(-c6ccc7oc8ccccc8c7c6)cc5)nc(-c5cccc(-c6cccnc6)c5)n4)cc3)cc2)cc1. The molecule has 0 fully saturated rings. The second-order valence-corrected chi connectivity index (χ2v) is 13.7. The van der Waals surface area contributed by atoms with Crippen LogP contribution in [0.25, 0.3) is 100 Å². The van der Waals surface area contributed by atoms with E-state index in [1.165, 1.54) is 16.7 Å². The van der Waals surface area contributed by atoms with Gasteiger partial charge in [0.25, 0.3) is 0 Å². The summed E-state index contributed by atoms with van der Waals surface area (Å²) in [5.41, 5.74) is 15.6. The van der Waals surface area contributed by atoms with Gasteiger partial charge in [-0.05, 0) is 75.3 Å². The molecule has 7 aromatic carbocycles. The summed E-state index contributed by atoms with van der Waals surface area (Å²) < 4.78 is 6.08. The Morgan fingerprint density at radius 2 is 0.800 bits per heavy atom. The molecule has 0 bridgehead atoms. The van der Waals surface area contributed by atoms with E-state index in [4.69, 9.17) is 14.4 Å². The van der Waals surface area contributed by atoms with E-state index in [0.29, 0.717) is 5.82 Å². The molecule has 0 spiro atoms. The summed E-state index contributed by atoms with van der Waals surface area (Å²) in [7, 11) is 0. The maximum atomic E-state index is 6.08. The summed E-state index contributed by atoms with van der Waals surface area (Å²) in [5.74, 6) is 0.667. The monoisotopic (exact) mass is 703 g/mol. The van der Waals surface area contributed by atoms with Crippen molar-refractivity contribution in [2.75, 3.05) is 0 Å². The van der Waals surface area contributed by atoms with E-state index in [9.17, 15) is 0 Å². The largest absolute Gasteiger partial charge is 0.456 e. The third-order valence-electron chi connectivity index (χ3n) is 10.2. The molecule has 0 atom stereocenters. The minimum Gasteiger partial charge on any atom is -0.456 e. The summed E-state index contributed by atoms with van der Waals surface area (Å²) in [4.78, 5) is 14.7. The molecule has 0 aliphatic heterocycles. The fourth-order valence-electron chi connectivity index (χ4n) is 7.30. The fourth-order valence-corrected chi connectivity index (χ4v) is 7.30. The van der Waals surface area contributed by atoms with Gasteiger partial charge in [0, 0.05) is 45.4 Å². The van der Waals surface area contributed by atoms with E-state index in [-0.39, 0.29) is 0 Å². The van der Waals surface area contributed by atoms with Crippen LogP contribution in [0, 0.1) is 0 Å². The molecule has 0 amide bonds. The Morgan fingerprint density at radius 1 is 0.309 bits per heavy atom. The Kier molecular flexibility index (Phi) is 8.12. The number of para-hydroxylation sites is 1. The molecule has 0 radical (unpaired) electrons. The van der Waals surface area contributed by atoms with Crippen molar-refractivity contribution in [2.45, 2.75) is 0 Å². The lowest BCUT2D eigenvalue weighted by molar-refractivity contribution is 0.669. The van der Waals surface area contributed by atoms with Gasteiger partial charge in [-0.2, -0.15) is 0 Å². The summed E-state index contributed by atoms with van der Waals surface area (Å²) in [5, 5.41) is 2.24. The minimum atomic E-state index is 0.667. The number of fused-ring (bicyclic) bond motifs is 3. The zero-order valence-corrected chi connectivity index (χ0v) is 29.8. The number of hydrogen-bond acceptors (Lipinski definition) is 4. The number of pyridine rings is 1. The van der Waals surface area contributed by atoms with Crippen molar-refractivity contribution in [1.29, 1.82) is 0 Å². The highest BCUT2D eigenvalue weighted by molar-refractivity contribution is 6.06. The Hall–Kier alpha value is -7.43. The molecular formula is C51H33N3O. The first-order valence-corrected chi connectivity index (χ1v) is 18.4. The first kappa shape index (κ1) is 32.2. The van der Waals surface area contributed by atoms with E-state index in [2.05, 4.69) is 169 Å². The number of benzene rings is 7. The van der Waals surface area contributed by atoms with Crippen molar-refractivity contribution in [1.82, 2.24) is 15.0 Å². The Morgan fingerprint density at radius 3 is 1.45 bits per heavy atom. The molecule has 0 N–H and O–H groups in total. The highest BCUT2D eigenvalue weighted by Crippen LogP contribution is 2.35. The predicted molar refractivity (Wildman–Crippen MR) is 225 cm³/mol. The quantitative estimate of drug-likeness (QED) is 0.166. The number of aromatic nitrogens is 3. The van der Waals surface area contributed by atoms with Gasteiger partial charge in [0.2, 0.25) is 0 Å². The molecule has 4 nitrogen and oxygen atoms in total. The smallest absolute Gasteiger partial charge is 0.160 e. The lowest BCUT2D eigenvalue weighted by Crippen LogP contribution is -1.96. The van der Waals surface area contributed by atoms with Gasteiger partial charge in [-0.25, -0.2) is 9.97 Å². The van der Waals surface area contributed by atoms with Crippen LogP contribution in [0.15, 0.2) is 205 Å². The van der Waals surface area contributed by atoms with Crippen LogP contribution < -0.4 is 0 Å². The average molecular weight is 704 g/mol. The van der Waals surface area contributed by atoms with E-state index >= 15 is 0 Å². The molecular weight excluding hydrogens is 671 g/mol. The third-order valence-corrected chi connectivity index (χ3v) is 10.2. The minimum absolute atomic E-state index is 0.667. The van der Waals surface area contributed by atoms with Crippen molar-refractivity contribution >= 4 is 21.9 Å². The second kappa shape index (κ2) is 13.8. The standard InChI is InChI=1S/C51H33N3O/c1-2-8-34(9-3-1)35-15-17-36(18-16-35)37-19-23-39(24-20-37)47-32-48(54-51(53-47)43-11-6-10-41(30-43)44-12-7-29-52-33-44)40-25-21-38(22-26-40)42-27-28-50-46(31-42)45-13-4-5-14-49(45)55-50/h1-33H. The van der Waals surface area contributed by atoms with Gasteiger partial charge in [0.15, 0.2) is 5.82 Å². The van der Waals surface area contributed by atoms with Gasteiger partial charge in [0.05, 0.1) is 11.4 Å². The van der Waals surface area contributed by atoms with Crippen molar-refractivity contribution in [2.24, 2.45) is 0 Å². The fraction of sp³-hybridized carbons (Fsp3) is 0. The normalized spacial score (nSPS) is 11.3. The van der Waals surface area contributed by atoms with Crippen LogP contribution in [-0.4, -0.2) is 15.0 Å². The van der Waals surface area contributed by atoms with Gasteiger partial charge in [-0.1, -0.05) is 152 Å². The van der Waals surface area contributed by atoms with Crippen LogP contribution in [0.3, 0.4) is 0 Å². The molecule has 0 unspecified atom stereocenters. The lowest BCUT2D eigenvalue weighted by Gasteiger charge is -2.12. The first-order valence-electron chi connectivity index (χ1n) is 18.4. The summed E-state index contributed by atoms with van der Waals surface area (Å²) in [6.45, 7) is 0. The molecule has 0 saturated heterocycles. The molecule has 3 heterocycles. The highest BCUT2D eigenvalue weighted by atomic mass is 16.3. The zero-order valence-electron chi connectivity index (χ0n) is 29.8. The van der Waals surface area contributed by atoms with E-state index in [0.717, 1.165) is 77.8 Å². The van der Waals surface area contributed by atoms with Crippen LogP contribution in [0.1, 0.15) is 0 Å². The van der Waals surface area contributed by atoms with Gasteiger partial charge in [0.1, 0.15) is 11.2 Å². The van der Waals surface area contributed by atoms with Crippen molar-refractivity contribution in [3.63, 3.8) is 0 Å². The lowest BCUT2D eigenvalue weighted by atomic mass is 9.98. The van der Waals surface area contributed by atoms with Crippen LogP contribution in [0.2, 0.25) is 0 Å². The maximum Gasteiger partial charge on any atom is 0.160 e. The molecule has 258 valence electrons. The molecule has 10 aromatic rings. The summed E-state index contributed by atoms with van der Waals surface area (Å²) in [6, 6.07) is 65.6. The first-order chi connectivity index (χ1) is 27.2. The Balaban J connectivity index is 1.01. The number of rotatable bonds is 7. The van der Waals surface area contributed by atoms with Crippen LogP contribution in [0.5, 0.6) is 0 Å². The van der Waals surface area contributed by atoms with Gasteiger partial charge in [-0.3, -0.25) is 4.98 Å². The third kappa shape index (κ3) is 6.36.